The number of aromatic nitrogens is 2. The van der Waals surface area contributed by atoms with Crippen LogP contribution in [0.15, 0.2) is 54.7 Å². The number of nitrogens with one attached hydrogen (secondary N) is 1. The Labute approximate surface area is 206 Å². The van der Waals surface area contributed by atoms with E-state index in [1.54, 1.807) is 12.1 Å². The molecule has 34 heavy (non-hydrogen) atoms. The van der Waals surface area contributed by atoms with Gasteiger partial charge in [-0.2, -0.15) is 0 Å². The van der Waals surface area contributed by atoms with Gasteiger partial charge in [0.15, 0.2) is 5.11 Å². The molecule has 7 nitrogen and oxygen atoms in total. The number of thiocarbonyl (C=S) groups is 1. The van der Waals surface area contributed by atoms with Crippen molar-refractivity contribution in [3.63, 3.8) is 0 Å². The third-order valence-corrected chi connectivity index (χ3v) is 7.21. The first-order valence-electron chi connectivity index (χ1n) is 11.8. The van der Waals surface area contributed by atoms with Crippen LogP contribution in [-0.4, -0.2) is 69.0 Å². The molecule has 5 rings (SSSR count). The molecule has 2 saturated heterocycles. The van der Waals surface area contributed by atoms with Crippen LogP contribution in [0.4, 0.5) is 0 Å². The van der Waals surface area contributed by atoms with Crippen LogP contribution in [0.25, 0.3) is 5.69 Å². The normalized spacial score (nSPS) is 21.1. The van der Waals surface area contributed by atoms with Crippen LogP contribution in [0, 0.1) is 13.8 Å². The monoisotopic (exact) mass is 477 g/mol. The lowest BCUT2D eigenvalue weighted by Crippen LogP contribution is -2.42. The summed E-state index contributed by atoms with van der Waals surface area (Å²) in [4.78, 5) is 9.44. The maximum atomic E-state index is 9.75. The van der Waals surface area contributed by atoms with Gasteiger partial charge in [-0.3, -0.25) is 9.88 Å². The highest BCUT2D eigenvalue weighted by molar-refractivity contribution is 7.80. The van der Waals surface area contributed by atoms with E-state index in [4.69, 9.17) is 17.0 Å². The maximum Gasteiger partial charge on any atom is 0.170 e. The van der Waals surface area contributed by atoms with Gasteiger partial charge in [0.2, 0.25) is 0 Å². The average molecular weight is 478 g/mol. The minimum Gasteiger partial charge on any atom is -0.508 e. The topological polar surface area (TPSA) is 65.8 Å². The molecule has 0 bridgehead atoms. The lowest BCUT2D eigenvalue weighted by Gasteiger charge is -2.32. The number of hydrogen-bond acceptors (Lipinski definition) is 5. The number of phenols is 1. The van der Waals surface area contributed by atoms with Crippen molar-refractivity contribution in [1.29, 1.82) is 0 Å². The van der Waals surface area contributed by atoms with Crippen molar-refractivity contribution in [2.24, 2.45) is 0 Å². The Hall–Kier alpha value is -2.94. The van der Waals surface area contributed by atoms with Crippen molar-refractivity contribution in [2.75, 3.05) is 39.4 Å². The predicted octanol–water partition coefficient (Wildman–Crippen LogP) is 3.50. The molecule has 0 radical (unpaired) electrons. The van der Waals surface area contributed by atoms with E-state index in [0.29, 0.717) is 0 Å². The summed E-state index contributed by atoms with van der Waals surface area (Å²) in [5.41, 5.74) is 5.55. The summed E-state index contributed by atoms with van der Waals surface area (Å²) in [6.07, 6.45) is 1.84. The molecule has 2 aromatic heterocycles. The molecule has 3 aromatic rings. The maximum absolute atomic E-state index is 9.75. The van der Waals surface area contributed by atoms with Crippen molar-refractivity contribution in [3.8, 4) is 11.4 Å². The highest BCUT2D eigenvalue weighted by Crippen LogP contribution is 2.41. The van der Waals surface area contributed by atoms with Crippen LogP contribution in [0.1, 0.15) is 34.7 Å². The Morgan fingerprint density at radius 1 is 1.09 bits per heavy atom. The number of aryl methyl sites for hydroxylation is 1. The third kappa shape index (κ3) is 4.41. The minimum absolute atomic E-state index is 0.0282. The molecule has 2 fully saturated rings. The Morgan fingerprint density at radius 3 is 2.56 bits per heavy atom. The number of benzene rings is 1. The van der Waals surface area contributed by atoms with Crippen LogP contribution in [0.2, 0.25) is 0 Å². The number of phenolic OH excluding ortho intramolecular Hbond substituents is 1. The summed E-state index contributed by atoms with van der Waals surface area (Å²) >= 11 is 5.86. The summed E-state index contributed by atoms with van der Waals surface area (Å²) in [6, 6.07) is 15.6. The molecule has 0 saturated carbocycles. The third-order valence-electron chi connectivity index (χ3n) is 6.86. The van der Waals surface area contributed by atoms with Crippen LogP contribution in [0.5, 0.6) is 5.75 Å². The first-order valence-corrected chi connectivity index (χ1v) is 12.2. The van der Waals surface area contributed by atoms with E-state index in [0.717, 1.165) is 67.3 Å². The molecule has 2 N–H and O–H groups in total. The van der Waals surface area contributed by atoms with Crippen LogP contribution in [0.3, 0.4) is 0 Å². The lowest BCUT2D eigenvalue weighted by atomic mass is 9.96. The Kier molecular flexibility index (Phi) is 6.54. The highest BCUT2D eigenvalue weighted by atomic mass is 32.1. The molecule has 4 heterocycles. The average Bonchev–Trinajstić information content (AvgIpc) is 3.34. The molecule has 0 spiro atoms. The van der Waals surface area contributed by atoms with Gasteiger partial charge in [-0.1, -0.05) is 6.07 Å². The second-order valence-electron chi connectivity index (χ2n) is 8.95. The molecule has 2 atom stereocenters. The van der Waals surface area contributed by atoms with Crippen molar-refractivity contribution in [3.05, 3.63) is 77.4 Å². The number of nitrogens with zero attached hydrogens (tertiary/aromatic N) is 4. The van der Waals surface area contributed by atoms with Crippen LogP contribution >= 0.6 is 12.2 Å². The Balaban J connectivity index is 1.52. The summed E-state index contributed by atoms with van der Waals surface area (Å²) < 4.78 is 7.76. The number of ether oxygens (including phenoxy) is 1. The summed E-state index contributed by atoms with van der Waals surface area (Å²) in [5, 5.41) is 14.1. The van der Waals surface area contributed by atoms with Gasteiger partial charge in [-0.05, 0) is 74.1 Å². The van der Waals surface area contributed by atoms with Crippen molar-refractivity contribution in [1.82, 2.24) is 24.7 Å². The van der Waals surface area contributed by atoms with E-state index >= 15 is 0 Å². The second kappa shape index (κ2) is 9.74. The zero-order valence-electron chi connectivity index (χ0n) is 19.6. The molecule has 178 valence electrons. The first-order chi connectivity index (χ1) is 16.5. The summed E-state index contributed by atoms with van der Waals surface area (Å²) in [5.74, 6) is 0.265. The van der Waals surface area contributed by atoms with Gasteiger partial charge in [0.25, 0.3) is 0 Å². The zero-order valence-corrected chi connectivity index (χ0v) is 20.5. The van der Waals surface area contributed by atoms with E-state index in [-0.39, 0.29) is 17.8 Å². The largest absolute Gasteiger partial charge is 0.508 e. The van der Waals surface area contributed by atoms with Gasteiger partial charge in [0.1, 0.15) is 5.75 Å². The number of aromatic hydroxyl groups is 1. The van der Waals surface area contributed by atoms with Gasteiger partial charge in [0, 0.05) is 49.5 Å². The summed E-state index contributed by atoms with van der Waals surface area (Å²) in [6.45, 7) is 9.54. The molecule has 0 amide bonds. The van der Waals surface area contributed by atoms with E-state index in [1.807, 2.05) is 30.5 Å². The molecule has 0 aliphatic carbocycles. The number of pyridine rings is 1. The smallest absolute Gasteiger partial charge is 0.170 e. The van der Waals surface area contributed by atoms with Gasteiger partial charge < -0.3 is 24.6 Å². The molecular weight excluding hydrogens is 446 g/mol. The van der Waals surface area contributed by atoms with Crippen molar-refractivity contribution in [2.45, 2.75) is 25.9 Å². The van der Waals surface area contributed by atoms with Gasteiger partial charge in [-0.25, -0.2) is 0 Å². The molecule has 8 heteroatoms. The van der Waals surface area contributed by atoms with Gasteiger partial charge in [-0.15, -0.1) is 0 Å². The van der Waals surface area contributed by atoms with Crippen molar-refractivity contribution >= 4 is 17.3 Å². The van der Waals surface area contributed by atoms with Crippen LogP contribution < -0.4 is 5.32 Å². The first kappa shape index (κ1) is 22.8. The molecule has 2 aliphatic rings. The minimum atomic E-state index is -0.0350. The van der Waals surface area contributed by atoms with E-state index in [2.05, 4.69) is 50.6 Å². The molecular formula is C26H31N5O2S. The van der Waals surface area contributed by atoms with E-state index < -0.39 is 0 Å². The fourth-order valence-electron chi connectivity index (χ4n) is 5.14. The SMILES string of the molecule is Cc1cc([C@@H]2[C@@H](c3ccccn3)NC(=S)N2CCN2CCOCC2)c(C)n1-c1ccc(O)cc1. The Bertz CT molecular complexity index is 1140. The predicted molar refractivity (Wildman–Crippen MR) is 136 cm³/mol. The zero-order chi connectivity index (χ0) is 23.7. The fraction of sp³-hybridized carbons (Fsp3) is 0.385. The number of rotatable bonds is 6. The molecule has 1 aromatic carbocycles. The molecule has 0 unspecified atom stereocenters. The number of morpholine rings is 1. The van der Waals surface area contributed by atoms with E-state index in [1.165, 1.54) is 5.56 Å². The van der Waals surface area contributed by atoms with Crippen molar-refractivity contribution < 1.29 is 9.84 Å². The van der Waals surface area contributed by atoms with Crippen LogP contribution in [-0.2, 0) is 4.74 Å². The quantitative estimate of drug-likeness (QED) is 0.527. The van der Waals surface area contributed by atoms with E-state index in [9.17, 15) is 5.11 Å². The Morgan fingerprint density at radius 2 is 1.85 bits per heavy atom. The lowest BCUT2D eigenvalue weighted by molar-refractivity contribution is 0.0350. The standard InChI is InChI=1S/C26H31N5O2S/c1-18-17-22(19(2)31(18)20-6-8-21(32)9-7-20)25-24(23-5-3-4-10-27-23)28-26(34)30(25)12-11-29-13-15-33-16-14-29/h3-10,17,24-25,32H,11-16H2,1-2H3,(H,28,34)/t24-,25-/m1/s1. The fourth-order valence-corrected chi connectivity index (χ4v) is 5.48. The highest BCUT2D eigenvalue weighted by Gasteiger charge is 2.41. The van der Waals surface area contributed by atoms with Gasteiger partial charge >= 0.3 is 0 Å². The second-order valence-corrected chi connectivity index (χ2v) is 9.34. The van der Waals surface area contributed by atoms with Gasteiger partial charge in [0.05, 0.1) is 31.0 Å². The summed E-state index contributed by atoms with van der Waals surface area (Å²) in [7, 11) is 0. The number of hydrogen-bond donors (Lipinski definition) is 2. The molecule has 2 aliphatic heterocycles.